The highest BCUT2D eigenvalue weighted by atomic mass is 16.2. The first-order valence-corrected chi connectivity index (χ1v) is 12.1. The zero-order chi connectivity index (χ0) is 24.1. The standard InChI is InChI=1S/C30H33N3O/c1-18-11-12-25(14-19(18)2)32-16-24(15-29(32)34)30-31-27-9-7-8-10-28(27)33(30)17-26-22(5)20(3)13-21(4)23(26)6/h7-14,24H,15-17H2,1-6H3. The van der Waals surface area contributed by atoms with Crippen LogP contribution in [0.15, 0.2) is 48.5 Å². The largest absolute Gasteiger partial charge is 0.323 e. The van der Waals surface area contributed by atoms with Crippen molar-refractivity contribution in [3.63, 3.8) is 0 Å². The minimum Gasteiger partial charge on any atom is -0.323 e. The second kappa shape index (κ2) is 8.43. The number of para-hydroxylation sites is 2. The number of imidazole rings is 1. The van der Waals surface area contributed by atoms with E-state index >= 15 is 0 Å². The van der Waals surface area contributed by atoms with E-state index in [2.05, 4.69) is 88.6 Å². The van der Waals surface area contributed by atoms with E-state index in [1.165, 1.54) is 38.9 Å². The first kappa shape index (κ1) is 22.4. The molecule has 0 spiro atoms. The van der Waals surface area contributed by atoms with Gasteiger partial charge in [-0.05, 0) is 105 Å². The fourth-order valence-electron chi connectivity index (χ4n) is 5.29. The molecule has 174 valence electrons. The maximum atomic E-state index is 13.1. The second-order valence-electron chi connectivity index (χ2n) is 9.96. The molecule has 0 radical (unpaired) electrons. The van der Waals surface area contributed by atoms with Crippen LogP contribution in [0.1, 0.15) is 57.1 Å². The van der Waals surface area contributed by atoms with Gasteiger partial charge in [-0.1, -0.05) is 24.3 Å². The van der Waals surface area contributed by atoms with Crippen LogP contribution in [0, 0.1) is 41.5 Å². The van der Waals surface area contributed by atoms with Crippen molar-refractivity contribution in [1.29, 1.82) is 0 Å². The van der Waals surface area contributed by atoms with Gasteiger partial charge < -0.3 is 9.47 Å². The molecule has 0 aliphatic carbocycles. The van der Waals surface area contributed by atoms with Crippen LogP contribution in [-0.2, 0) is 11.3 Å². The summed E-state index contributed by atoms with van der Waals surface area (Å²) in [6.07, 6.45) is 0.487. The van der Waals surface area contributed by atoms with Gasteiger partial charge in [-0.2, -0.15) is 0 Å². The van der Waals surface area contributed by atoms with Crippen LogP contribution in [0.25, 0.3) is 11.0 Å². The van der Waals surface area contributed by atoms with Crippen molar-refractivity contribution >= 4 is 22.6 Å². The lowest BCUT2D eigenvalue weighted by Gasteiger charge is -2.20. The SMILES string of the molecule is Cc1ccc(N2CC(c3nc4ccccc4n3Cc3c(C)c(C)cc(C)c3C)CC2=O)cc1C. The molecule has 34 heavy (non-hydrogen) atoms. The molecule has 4 aromatic rings. The molecule has 1 atom stereocenters. The Kier molecular flexibility index (Phi) is 5.55. The normalized spacial score (nSPS) is 16.1. The van der Waals surface area contributed by atoms with Gasteiger partial charge in [0, 0.05) is 31.1 Å². The van der Waals surface area contributed by atoms with Crippen LogP contribution in [0.2, 0.25) is 0 Å². The second-order valence-corrected chi connectivity index (χ2v) is 9.96. The highest BCUT2D eigenvalue weighted by Crippen LogP contribution is 2.35. The molecule has 3 aromatic carbocycles. The summed E-state index contributed by atoms with van der Waals surface area (Å²) in [6.45, 7) is 14.5. The molecular weight excluding hydrogens is 418 g/mol. The van der Waals surface area contributed by atoms with Crippen molar-refractivity contribution in [2.24, 2.45) is 0 Å². The van der Waals surface area contributed by atoms with Gasteiger partial charge in [0.25, 0.3) is 0 Å². The Balaban J connectivity index is 1.57. The zero-order valence-corrected chi connectivity index (χ0v) is 21.1. The number of amides is 1. The van der Waals surface area contributed by atoms with Crippen molar-refractivity contribution in [3.05, 3.63) is 93.3 Å². The Morgan fingerprint density at radius 3 is 2.26 bits per heavy atom. The van der Waals surface area contributed by atoms with Crippen molar-refractivity contribution in [2.75, 3.05) is 11.4 Å². The van der Waals surface area contributed by atoms with Gasteiger partial charge in [0.1, 0.15) is 5.82 Å². The van der Waals surface area contributed by atoms with Crippen LogP contribution in [-0.4, -0.2) is 22.0 Å². The Hall–Kier alpha value is -3.40. The van der Waals surface area contributed by atoms with Crippen molar-refractivity contribution < 1.29 is 4.79 Å². The topological polar surface area (TPSA) is 38.1 Å². The summed E-state index contributed by atoms with van der Waals surface area (Å²) >= 11 is 0. The summed E-state index contributed by atoms with van der Waals surface area (Å²) in [5.41, 5.74) is 12.2. The Morgan fingerprint density at radius 1 is 0.853 bits per heavy atom. The minimum atomic E-state index is 0.0630. The maximum absolute atomic E-state index is 13.1. The van der Waals surface area contributed by atoms with Crippen LogP contribution in [0.4, 0.5) is 5.69 Å². The molecule has 2 heterocycles. The van der Waals surface area contributed by atoms with Crippen LogP contribution < -0.4 is 4.90 Å². The van der Waals surface area contributed by atoms with E-state index in [-0.39, 0.29) is 11.8 Å². The number of hydrogen-bond donors (Lipinski definition) is 0. The highest BCUT2D eigenvalue weighted by Gasteiger charge is 2.35. The quantitative estimate of drug-likeness (QED) is 0.357. The predicted octanol–water partition coefficient (Wildman–Crippen LogP) is 6.46. The molecule has 5 rings (SSSR count). The number of carbonyl (C=O) groups is 1. The van der Waals surface area contributed by atoms with Gasteiger partial charge in [-0.25, -0.2) is 4.98 Å². The number of rotatable bonds is 4. The van der Waals surface area contributed by atoms with Gasteiger partial charge in [-0.15, -0.1) is 0 Å². The van der Waals surface area contributed by atoms with Crippen LogP contribution in [0.3, 0.4) is 0 Å². The molecular formula is C30H33N3O. The molecule has 4 nitrogen and oxygen atoms in total. The first-order chi connectivity index (χ1) is 16.2. The molecule has 1 amide bonds. The predicted molar refractivity (Wildman–Crippen MR) is 140 cm³/mol. The number of anilines is 1. The number of benzene rings is 3. The Bertz CT molecular complexity index is 1400. The molecule has 4 heteroatoms. The number of fused-ring (bicyclic) bond motifs is 1. The summed E-state index contributed by atoms with van der Waals surface area (Å²) in [5.74, 6) is 1.25. The number of hydrogen-bond acceptors (Lipinski definition) is 2. The molecule has 0 saturated carbocycles. The number of carbonyl (C=O) groups excluding carboxylic acids is 1. The van der Waals surface area contributed by atoms with Gasteiger partial charge in [0.15, 0.2) is 0 Å². The summed E-state index contributed by atoms with van der Waals surface area (Å²) in [6, 6.07) is 16.9. The third kappa shape index (κ3) is 3.71. The third-order valence-corrected chi connectivity index (χ3v) is 7.81. The van der Waals surface area contributed by atoms with E-state index in [0.717, 1.165) is 29.1 Å². The van der Waals surface area contributed by atoms with E-state index in [0.29, 0.717) is 13.0 Å². The van der Waals surface area contributed by atoms with Crippen LogP contribution >= 0.6 is 0 Å². The lowest BCUT2D eigenvalue weighted by atomic mass is 9.94. The van der Waals surface area contributed by atoms with Gasteiger partial charge in [0.2, 0.25) is 5.91 Å². The summed E-state index contributed by atoms with van der Waals surface area (Å²) in [4.78, 5) is 20.1. The van der Waals surface area contributed by atoms with Crippen LogP contribution in [0.5, 0.6) is 0 Å². The summed E-state index contributed by atoms with van der Waals surface area (Å²) < 4.78 is 2.35. The minimum absolute atomic E-state index is 0.0630. The first-order valence-electron chi connectivity index (χ1n) is 12.1. The number of aryl methyl sites for hydroxylation is 4. The summed E-state index contributed by atoms with van der Waals surface area (Å²) in [7, 11) is 0. The lowest BCUT2D eigenvalue weighted by molar-refractivity contribution is -0.117. The lowest BCUT2D eigenvalue weighted by Crippen LogP contribution is -2.24. The molecule has 1 aliphatic heterocycles. The average molecular weight is 452 g/mol. The van der Waals surface area contributed by atoms with Crippen molar-refractivity contribution in [1.82, 2.24) is 9.55 Å². The molecule has 0 N–H and O–H groups in total. The average Bonchev–Trinajstić information content (AvgIpc) is 3.37. The molecule has 1 fully saturated rings. The number of aromatic nitrogens is 2. The smallest absolute Gasteiger partial charge is 0.227 e. The zero-order valence-electron chi connectivity index (χ0n) is 21.1. The van der Waals surface area contributed by atoms with Crippen molar-refractivity contribution in [2.45, 2.75) is 60.4 Å². The van der Waals surface area contributed by atoms with E-state index in [1.54, 1.807) is 0 Å². The molecule has 1 aromatic heterocycles. The van der Waals surface area contributed by atoms with E-state index in [4.69, 9.17) is 4.98 Å². The van der Waals surface area contributed by atoms with Gasteiger partial charge in [-0.3, -0.25) is 4.79 Å². The van der Waals surface area contributed by atoms with Gasteiger partial charge >= 0.3 is 0 Å². The molecule has 1 unspecified atom stereocenters. The van der Waals surface area contributed by atoms with Gasteiger partial charge in [0.05, 0.1) is 11.0 Å². The fraction of sp³-hybridized carbons (Fsp3) is 0.333. The fourth-order valence-corrected chi connectivity index (χ4v) is 5.29. The Morgan fingerprint density at radius 2 is 1.56 bits per heavy atom. The highest BCUT2D eigenvalue weighted by molar-refractivity contribution is 5.96. The third-order valence-electron chi connectivity index (χ3n) is 7.81. The number of nitrogens with zero attached hydrogens (tertiary/aromatic N) is 3. The summed E-state index contributed by atoms with van der Waals surface area (Å²) in [5, 5.41) is 0. The van der Waals surface area contributed by atoms with Crippen molar-refractivity contribution in [3.8, 4) is 0 Å². The molecule has 1 saturated heterocycles. The van der Waals surface area contributed by atoms with E-state index in [9.17, 15) is 4.79 Å². The molecule has 0 bridgehead atoms. The Labute approximate surface area is 202 Å². The van der Waals surface area contributed by atoms with E-state index < -0.39 is 0 Å². The maximum Gasteiger partial charge on any atom is 0.227 e. The monoisotopic (exact) mass is 451 g/mol. The van der Waals surface area contributed by atoms with E-state index in [1.807, 2.05) is 11.0 Å². The molecule has 1 aliphatic rings.